The Morgan fingerprint density at radius 2 is 2.04 bits per heavy atom. The fourth-order valence-corrected chi connectivity index (χ4v) is 2.44. The zero-order valence-corrected chi connectivity index (χ0v) is 13.7. The Morgan fingerprint density at radius 3 is 2.67 bits per heavy atom. The van der Waals surface area contributed by atoms with Crippen LogP contribution in [0.15, 0.2) is 42.7 Å². The SMILES string of the molecule is CC(Cn1cccn1)C(=O)Nc1ccc(CC(=O)NC2CC2)cc1. The average molecular weight is 326 g/mol. The van der Waals surface area contributed by atoms with Gasteiger partial charge >= 0.3 is 0 Å². The van der Waals surface area contributed by atoms with Crippen molar-refractivity contribution in [2.75, 3.05) is 5.32 Å². The number of nitrogens with one attached hydrogen (secondary N) is 2. The molecule has 1 unspecified atom stereocenters. The van der Waals surface area contributed by atoms with Crippen LogP contribution in [-0.2, 0) is 22.6 Å². The largest absolute Gasteiger partial charge is 0.353 e. The van der Waals surface area contributed by atoms with E-state index in [9.17, 15) is 9.59 Å². The third kappa shape index (κ3) is 4.68. The van der Waals surface area contributed by atoms with E-state index in [1.165, 1.54) is 0 Å². The number of carbonyl (C=O) groups is 2. The van der Waals surface area contributed by atoms with E-state index < -0.39 is 0 Å². The maximum absolute atomic E-state index is 12.2. The Kier molecular flexibility index (Phi) is 4.93. The Balaban J connectivity index is 1.49. The van der Waals surface area contributed by atoms with Crippen LogP contribution in [0.5, 0.6) is 0 Å². The van der Waals surface area contributed by atoms with E-state index in [4.69, 9.17) is 0 Å². The molecule has 2 N–H and O–H groups in total. The topological polar surface area (TPSA) is 76.0 Å². The maximum Gasteiger partial charge on any atom is 0.229 e. The van der Waals surface area contributed by atoms with Gasteiger partial charge in [-0.05, 0) is 36.6 Å². The minimum absolute atomic E-state index is 0.0512. The molecule has 24 heavy (non-hydrogen) atoms. The fraction of sp³-hybridized carbons (Fsp3) is 0.389. The van der Waals surface area contributed by atoms with Crippen LogP contribution >= 0.6 is 0 Å². The average Bonchev–Trinajstić information content (AvgIpc) is 3.21. The second-order valence-corrected chi connectivity index (χ2v) is 6.33. The number of hydrogen-bond acceptors (Lipinski definition) is 3. The Morgan fingerprint density at radius 1 is 1.29 bits per heavy atom. The van der Waals surface area contributed by atoms with Crippen LogP contribution in [0.4, 0.5) is 5.69 Å². The zero-order chi connectivity index (χ0) is 16.9. The van der Waals surface area contributed by atoms with Crippen LogP contribution < -0.4 is 10.6 Å². The van der Waals surface area contributed by atoms with Gasteiger partial charge < -0.3 is 10.6 Å². The lowest BCUT2D eigenvalue weighted by Gasteiger charge is -2.12. The van der Waals surface area contributed by atoms with Gasteiger partial charge in [0.15, 0.2) is 0 Å². The van der Waals surface area contributed by atoms with Crippen molar-refractivity contribution in [3.05, 3.63) is 48.3 Å². The molecule has 2 aromatic rings. The van der Waals surface area contributed by atoms with Crippen molar-refractivity contribution in [1.82, 2.24) is 15.1 Å². The lowest BCUT2D eigenvalue weighted by atomic mass is 10.1. The van der Waals surface area contributed by atoms with E-state index in [1.807, 2.05) is 43.5 Å². The maximum atomic E-state index is 12.2. The summed E-state index contributed by atoms with van der Waals surface area (Å²) in [6.45, 7) is 2.41. The summed E-state index contributed by atoms with van der Waals surface area (Å²) in [5, 5.41) is 9.97. The molecule has 0 aliphatic heterocycles. The van der Waals surface area contributed by atoms with Crippen LogP contribution in [0, 0.1) is 5.92 Å². The molecule has 0 saturated heterocycles. The number of aromatic nitrogens is 2. The molecule has 1 aromatic carbocycles. The summed E-state index contributed by atoms with van der Waals surface area (Å²) in [6, 6.07) is 9.63. The van der Waals surface area contributed by atoms with Crippen molar-refractivity contribution in [2.24, 2.45) is 5.92 Å². The van der Waals surface area contributed by atoms with Crippen molar-refractivity contribution in [3.8, 4) is 0 Å². The standard InChI is InChI=1S/C18H22N4O2/c1-13(12-22-10-2-9-19-22)18(24)21-16-5-3-14(4-6-16)11-17(23)20-15-7-8-15/h2-6,9-10,13,15H,7-8,11-12H2,1H3,(H,20,23)(H,21,24). The van der Waals surface area contributed by atoms with Gasteiger partial charge in [0.1, 0.15) is 0 Å². The molecule has 1 aromatic heterocycles. The van der Waals surface area contributed by atoms with Crippen molar-refractivity contribution in [3.63, 3.8) is 0 Å². The lowest BCUT2D eigenvalue weighted by Crippen LogP contribution is -2.27. The normalized spacial score (nSPS) is 14.9. The smallest absolute Gasteiger partial charge is 0.229 e. The van der Waals surface area contributed by atoms with Crippen LogP contribution in [0.25, 0.3) is 0 Å². The molecule has 0 spiro atoms. The molecule has 1 saturated carbocycles. The van der Waals surface area contributed by atoms with Crippen LogP contribution in [0.3, 0.4) is 0 Å². The van der Waals surface area contributed by atoms with Crippen LogP contribution in [0.1, 0.15) is 25.3 Å². The number of hydrogen-bond donors (Lipinski definition) is 2. The van der Waals surface area contributed by atoms with Crippen LogP contribution in [0.2, 0.25) is 0 Å². The van der Waals surface area contributed by atoms with Gasteiger partial charge in [0.2, 0.25) is 11.8 Å². The summed E-state index contributed by atoms with van der Waals surface area (Å²) in [5.74, 6) is -0.180. The van der Waals surface area contributed by atoms with Gasteiger partial charge in [-0.1, -0.05) is 19.1 Å². The predicted molar refractivity (Wildman–Crippen MR) is 91.3 cm³/mol. The number of nitrogens with zero attached hydrogens (tertiary/aromatic N) is 2. The molecule has 1 aliphatic rings. The summed E-state index contributed by atoms with van der Waals surface area (Å²) in [7, 11) is 0. The quantitative estimate of drug-likeness (QED) is 0.817. The number of anilines is 1. The van der Waals surface area contributed by atoms with Crippen molar-refractivity contribution in [2.45, 2.75) is 38.8 Å². The molecule has 1 aliphatic carbocycles. The predicted octanol–water partition coefficient (Wildman–Crippen LogP) is 1.98. The Bertz CT molecular complexity index is 690. The molecule has 1 fully saturated rings. The first-order valence-electron chi connectivity index (χ1n) is 8.27. The summed E-state index contributed by atoms with van der Waals surface area (Å²) in [6.07, 6.45) is 6.09. The molecule has 0 radical (unpaired) electrons. The van der Waals surface area contributed by atoms with Gasteiger partial charge in [-0.15, -0.1) is 0 Å². The van der Waals surface area contributed by atoms with E-state index in [-0.39, 0.29) is 17.7 Å². The molecular formula is C18H22N4O2. The minimum Gasteiger partial charge on any atom is -0.353 e. The summed E-state index contributed by atoms with van der Waals surface area (Å²) in [4.78, 5) is 24.0. The number of carbonyl (C=O) groups excluding carboxylic acids is 2. The van der Waals surface area contributed by atoms with Crippen molar-refractivity contribution >= 4 is 17.5 Å². The number of benzene rings is 1. The summed E-state index contributed by atoms with van der Waals surface area (Å²) < 4.78 is 1.74. The summed E-state index contributed by atoms with van der Waals surface area (Å²) in [5.41, 5.74) is 1.68. The Hall–Kier alpha value is -2.63. The highest BCUT2D eigenvalue weighted by Gasteiger charge is 2.23. The molecule has 1 atom stereocenters. The number of amides is 2. The van der Waals surface area contributed by atoms with Crippen molar-refractivity contribution in [1.29, 1.82) is 0 Å². The van der Waals surface area contributed by atoms with E-state index in [1.54, 1.807) is 10.9 Å². The molecule has 1 heterocycles. The molecule has 3 rings (SSSR count). The molecule has 126 valence electrons. The molecule has 2 amide bonds. The van der Waals surface area contributed by atoms with Gasteiger partial charge in [0.05, 0.1) is 18.9 Å². The van der Waals surface area contributed by atoms with Gasteiger partial charge in [-0.2, -0.15) is 5.10 Å². The third-order valence-corrected chi connectivity index (χ3v) is 4.00. The molecule has 6 nitrogen and oxygen atoms in total. The lowest BCUT2D eigenvalue weighted by molar-refractivity contribution is -0.121. The number of rotatable bonds is 7. The van der Waals surface area contributed by atoms with E-state index >= 15 is 0 Å². The van der Waals surface area contributed by atoms with Gasteiger partial charge in [-0.25, -0.2) is 0 Å². The highest BCUT2D eigenvalue weighted by Crippen LogP contribution is 2.19. The van der Waals surface area contributed by atoms with Gasteiger partial charge in [-0.3, -0.25) is 14.3 Å². The monoisotopic (exact) mass is 326 g/mol. The van der Waals surface area contributed by atoms with E-state index in [0.717, 1.165) is 24.1 Å². The van der Waals surface area contributed by atoms with E-state index in [2.05, 4.69) is 15.7 Å². The summed E-state index contributed by atoms with van der Waals surface area (Å²) >= 11 is 0. The zero-order valence-electron chi connectivity index (χ0n) is 13.7. The second-order valence-electron chi connectivity index (χ2n) is 6.33. The van der Waals surface area contributed by atoms with Crippen molar-refractivity contribution < 1.29 is 9.59 Å². The second kappa shape index (κ2) is 7.29. The molecule has 6 heteroatoms. The first kappa shape index (κ1) is 16.2. The molecule has 0 bridgehead atoms. The first-order chi connectivity index (χ1) is 11.6. The Labute approximate surface area is 141 Å². The highest BCUT2D eigenvalue weighted by molar-refractivity contribution is 5.92. The minimum atomic E-state index is -0.186. The van der Waals surface area contributed by atoms with Gasteiger partial charge in [0, 0.05) is 24.1 Å². The van der Waals surface area contributed by atoms with Gasteiger partial charge in [0.25, 0.3) is 0 Å². The third-order valence-electron chi connectivity index (χ3n) is 4.00. The fourth-order valence-electron chi connectivity index (χ4n) is 2.44. The van der Waals surface area contributed by atoms with Crippen LogP contribution in [-0.4, -0.2) is 27.6 Å². The van der Waals surface area contributed by atoms with E-state index in [0.29, 0.717) is 19.0 Å². The highest BCUT2D eigenvalue weighted by atomic mass is 16.2. The molecular weight excluding hydrogens is 304 g/mol. The first-order valence-corrected chi connectivity index (χ1v) is 8.27.